The molecule has 0 aliphatic carbocycles. The summed E-state index contributed by atoms with van der Waals surface area (Å²) in [6.45, 7) is 9.37. The summed E-state index contributed by atoms with van der Waals surface area (Å²) < 4.78 is 27.3. The fraction of sp³-hybridized carbons (Fsp3) is 0.579. The second kappa shape index (κ2) is 8.59. The minimum Gasteiger partial charge on any atom is -0.341 e. The fourth-order valence-electron chi connectivity index (χ4n) is 3.05. The van der Waals surface area contributed by atoms with Crippen LogP contribution in [-0.4, -0.2) is 68.8 Å². The van der Waals surface area contributed by atoms with Crippen LogP contribution in [0.1, 0.15) is 33.3 Å². The SMILES string of the molecule is CNC(=O)NC(=O)[C@H](C)N1CCN(S(=O)(=O)c2ccc(C(C)(C)C)cc2)CC1. The van der Waals surface area contributed by atoms with Crippen LogP contribution in [0.2, 0.25) is 0 Å². The number of nitrogens with one attached hydrogen (secondary N) is 2. The van der Waals surface area contributed by atoms with Crippen LogP contribution in [0.3, 0.4) is 0 Å². The molecule has 0 unspecified atom stereocenters. The summed E-state index contributed by atoms with van der Waals surface area (Å²) in [5.41, 5.74) is 1.03. The zero-order chi connectivity index (χ0) is 21.1. The Morgan fingerprint density at radius 2 is 1.57 bits per heavy atom. The minimum atomic E-state index is -3.57. The van der Waals surface area contributed by atoms with E-state index in [4.69, 9.17) is 0 Å². The molecule has 1 aromatic carbocycles. The molecule has 28 heavy (non-hydrogen) atoms. The number of imide groups is 1. The number of nitrogens with zero attached hydrogens (tertiary/aromatic N) is 2. The molecular weight excluding hydrogens is 380 g/mol. The van der Waals surface area contributed by atoms with Gasteiger partial charge < -0.3 is 5.32 Å². The Bertz CT molecular complexity index is 807. The lowest BCUT2D eigenvalue weighted by Gasteiger charge is -2.36. The van der Waals surface area contributed by atoms with Crippen LogP contribution in [0.25, 0.3) is 0 Å². The molecule has 1 fully saturated rings. The highest BCUT2D eigenvalue weighted by atomic mass is 32.2. The largest absolute Gasteiger partial charge is 0.341 e. The van der Waals surface area contributed by atoms with E-state index in [9.17, 15) is 18.0 Å². The van der Waals surface area contributed by atoms with Crippen LogP contribution < -0.4 is 10.6 Å². The van der Waals surface area contributed by atoms with E-state index in [1.54, 1.807) is 19.1 Å². The van der Waals surface area contributed by atoms with E-state index < -0.39 is 28.0 Å². The van der Waals surface area contributed by atoms with Gasteiger partial charge in [0.25, 0.3) is 0 Å². The molecule has 9 heteroatoms. The first kappa shape index (κ1) is 22.3. The van der Waals surface area contributed by atoms with Crippen molar-refractivity contribution in [3.8, 4) is 0 Å². The van der Waals surface area contributed by atoms with Gasteiger partial charge in [0.1, 0.15) is 0 Å². The summed E-state index contributed by atoms with van der Waals surface area (Å²) >= 11 is 0. The van der Waals surface area contributed by atoms with Crippen molar-refractivity contribution in [2.24, 2.45) is 0 Å². The summed E-state index contributed by atoms with van der Waals surface area (Å²) in [5.74, 6) is -0.409. The molecule has 0 aromatic heterocycles. The third-order valence-electron chi connectivity index (χ3n) is 5.02. The van der Waals surface area contributed by atoms with Gasteiger partial charge in [-0.2, -0.15) is 4.31 Å². The van der Waals surface area contributed by atoms with Gasteiger partial charge in [0.05, 0.1) is 10.9 Å². The summed E-state index contributed by atoms with van der Waals surface area (Å²) in [7, 11) is -2.14. The van der Waals surface area contributed by atoms with Crippen molar-refractivity contribution in [2.75, 3.05) is 33.2 Å². The van der Waals surface area contributed by atoms with Crippen molar-refractivity contribution in [1.82, 2.24) is 19.8 Å². The highest BCUT2D eigenvalue weighted by Crippen LogP contribution is 2.25. The Kier molecular flexibility index (Phi) is 6.84. The fourth-order valence-corrected chi connectivity index (χ4v) is 4.47. The van der Waals surface area contributed by atoms with Crippen LogP contribution in [-0.2, 0) is 20.2 Å². The molecule has 2 rings (SSSR count). The van der Waals surface area contributed by atoms with Crippen molar-refractivity contribution in [3.63, 3.8) is 0 Å². The molecule has 0 saturated carbocycles. The zero-order valence-electron chi connectivity index (χ0n) is 17.2. The second-order valence-electron chi connectivity index (χ2n) is 7.96. The van der Waals surface area contributed by atoms with E-state index in [0.29, 0.717) is 26.2 Å². The lowest BCUT2D eigenvalue weighted by atomic mass is 9.87. The normalized spacial score (nSPS) is 17.8. The number of benzene rings is 1. The second-order valence-corrected chi connectivity index (χ2v) is 9.90. The summed E-state index contributed by atoms with van der Waals surface area (Å²) in [6, 6.07) is 5.94. The van der Waals surface area contributed by atoms with Crippen molar-refractivity contribution in [3.05, 3.63) is 29.8 Å². The van der Waals surface area contributed by atoms with Crippen LogP contribution in [0.15, 0.2) is 29.2 Å². The Hall–Kier alpha value is -1.97. The summed E-state index contributed by atoms with van der Waals surface area (Å²) in [5, 5.41) is 4.58. The van der Waals surface area contributed by atoms with Crippen LogP contribution in [0.5, 0.6) is 0 Å². The molecule has 8 nitrogen and oxygen atoms in total. The number of hydrogen-bond acceptors (Lipinski definition) is 5. The lowest BCUT2D eigenvalue weighted by molar-refractivity contribution is -0.125. The molecule has 0 radical (unpaired) electrons. The van der Waals surface area contributed by atoms with Gasteiger partial charge in [-0.3, -0.25) is 15.0 Å². The molecule has 1 saturated heterocycles. The molecule has 1 atom stereocenters. The zero-order valence-corrected chi connectivity index (χ0v) is 18.0. The highest BCUT2D eigenvalue weighted by Gasteiger charge is 2.32. The summed E-state index contributed by atoms with van der Waals surface area (Å²) in [4.78, 5) is 25.5. The first-order valence-corrected chi connectivity index (χ1v) is 10.8. The average molecular weight is 411 g/mol. The van der Waals surface area contributed by atoms with E-state index >= 15 is 0 Å². The number of amides is 3. The Morgan fingerprint density at radius 1 is 1.04 bits per heavy atom. The van der Waals surface area contributed by atoms with Crippen molar-refractivity contribution in [1.29, 1.82) is 0 Å². The van der Waals surface area contributed by atoms with Crippen LogP contribution >= 0.6 is 0 Å². The molecule has 0 spiro atoms. The maximum atomic E-state index is 12.9. The molecule has 1 aliphatic heterocycles. The van der Waals surface area contributed by atoms with Crippen LogP contribution in [0, 0.1) is 0 Å². The van der Waals surface area contributed by atoms with Crippen molar-refractivity contribution in [2.45, 2.75) is 44.0 Å². The molecule has 3 amide bonds. The average Bonchev–Trinajstić information content (AvgIpc) is 2.66. The molecule has 1 heterocycles. The van der Waals surface area contributed by atoms with Crippen LogP contribution in [0.4, 0.5) is 4.79 Å². The van der Waals surface area contributed by atoms with Gasteiger partial charge in [-0.15, -0.1) is 0 Å². The third-order valence-corrected chi connectivity index (χ3v) is 6.94. The van der Waals surface area contributed by atoms with E-state index in [0.717, 1.165) is 5.56 Å². The van der Waals surface area contributed by atoms with Crippen molar-refractivity contribution < 1.29 is 18.0 Å². The van der Waals surface area contributed by atoms with Gasteiger partial charge in [0.15, 0.2) is 0 Å². The molecule has 1 aromatic rings. The number of carbonyl (C=O) groups excluding carboxylic acids is 2. The Balaban J connectivity index is 2.01. The highest BCUT2D eigenvalue weighted by molar-refractivity contribution is 7.89. The predicted octanol–water partition coefficient (Wildman–Crippen LogP) is 1.13. The number of piperazine rings is 1. The predicted molar refractivity (Wildman–Crippen MR) is 108 cm³/mol. The lowest BCUT2D eigenvalue weighted by Crippen LogP contribution is -2.56. The smallest absolute Gasteiger partial charge is 0.321 e. The molecule has 1 aliphatic rings. The first-order chi connectivity index (χ1) is 13.0. The topological polar surface area (TPSA) is 98.8 Å². The third kappa shape index (κ3) is 5.09. The first-order valence-electron chi connectivity index (χ1n) is 9.34. The maximum Gasteiger partial charge on any atom is 0.321 e. The monoisotopic (exact) mass is 410 g/mol. The van der Waals surface area contributed by atoms with E-state index in [1.165, 1.54) is 11.4 Å². The maximum absolute atomic E-state index is 12.9. The Labute approximate surface area is 167 Å². The Morgan fingerprint density at radius 3 is 2.04 bits per heavy atom. The van der Waals surface area contributed by atoms with E-state index in [-0.39, 0.29) is 10.3 Å². The van der Waals surface area contributed by atoms with Gasteiger partial charge >= 0.3 is 6.03 Å². The minimum absolute atomic E-state index is 0.0424. The number of carbonyl (C=O) groups is 2. The number of urea groups is 1. The standard InChI is InChI=1S/C19H30N4O4S/c1-14(17(24)21-18(25)20-5)22-10-12-23(13-11-22)28(26,27)16-8-6-15(7-9-16)19(2,3)4/h6-9,14H,10-13H2,1-5H3,(H2,20,21,24,25)/t14-/m0/s1. The van der Waals surface area contributed by atoms with Gasteiger partial charge in [-0.25, -0.2) is 13.2 Å². The van der Waals surface area contributed by atoms with Gasteiger partial charge in [-0.05, 0) is 30.0 Å². The quantitative estimate of drug-likeness (QED) is 0.775. The molecular formula is C19H30N4O4S. The van der Waals surface area contributed by atoms with E-state index in [2.05, 4.69) is 31.4 Å². The molecule has 2 N–H and O–H groups in total. The summed E-state index contributed by atoms with van der Waals surface area (Å²) in [6.07, 6.45) is 0. The number of hydrogen-bond donors (Lipinski definition) is 2. The van der Waals surface area contributed by atoms with E-state index in [1.807, 2.05) is 17.0 Å². The molecule has 156 valence electrons. The number of sulfonamides is 1. The van der Waals surface area contributed by atoms with Gasteiger partial charge in [-0.1, -0.05) is 32.9 Å². The molecule has 0 bridgehead atoms. The van der Waals surface area contributed by atoms with Gasteiger partial charge in [0, 0.05) is 33.2 Å². The number of rotatable bonds is 4. The van der Waals surface area contributed by atoms with Crippen molar-refractivity contribution >= 4 is 22.0 Å². The van der Waals surface area contributed by atoms with Gasteiger partial charge in [0.2, 0.25) is 15.9 Å².